The van der Waals surface area contributed by atoms with E-state index < -0.39 is 0 Å². The molecule has 0 aliphatic heterocycles. The molecular weight excluding hydrogens is 143 g/mol. The van der Waals surface area contributed by atoms with Crippen LogP contribution in [0.1, 0.15) is 10.9 Å². The molecule has 0 fully saturated rings. The lowest BCUT2D eigenvalue weighted by molar-refractivity contribution is 1.49. The first-order valence-electron chi connectivity index (χ1n) is 2.63. The molecule has 1 heterocycles. The quantitative estimate of drug-likeness (QED) is 0.562. The first-order chi connectivity index (χ1) is 4.86. The van der Waals surface area contributed by atoms with Crippen molar-refractivity contribution in [3.05, 3.63) is 28.8 Å². The van der Waals surface area contributed by atoms with Crippen LogP contribution in [0.5, 0.6) is 0 Å². The number of nitrogens with zero attached hydrogens (tertiary/aromatic N) is 2. The maximum Gasteiger partial charge on any atom is 0.104 e. The Labute approximate surface area is 60.4 Å². The minimum Gasteiger partial charge on any atom is -0.192 e. The number of rotatable bonds is 0. The Kier molecular flexibility index (Phi) is 2.00. The third-order valence-electron chi connectivity index (χ3n) is 1.01. The molecule has 0 amide bonds. The van der Waals surface area contributed by atoms with Gasteiger partial charge >= 0.3 is 0 Å². The summed E-state index contributed by atoms with van der Waals surface area (Å²) >= 11 is 0. The molecule has 0 spiro atoms. The van der Waals surface area contributed by atoms with Gasteiger partial charge in [-0.3, -0.25) is 0 Å². The summed E-state index contributed by atoms with van der Waals surface area (Å²) in [5, 5.41) is 17.5. The lowest BCUT2D eigenvalue weighted by atomic mass is 10.3. The second kappa shape index (κ2) is 2.97. The molecule has 1 aromatic heterocycles. The van der Waals surface area contributed by atoms with E-state index in [1.165, 1.54) is 0 Å². The van der Waals surface area contributed by atoms with Gasteiger partial charge in [0, 0.05) is 0 Å². The van der Waals surface area contributed by atoms with E-state index in [4.69, 9.17) is 10.5 Å². The standard InChI is InChI=1S/C7H3N2P/c8-3-6-1-2-7(4-9)10-5-6/h1-2,5H. The third-order valence-corrected chi connectivity index (χ3v) is 1.94. The van der Waals surface area contributed by atoms with Crippen molar-refractivity contribution in [2.24, 2.45) is 0 Å². The van der Waals surface area contributed by atoms with Crippen LogP contribution in [0.15, 0.2) is 17.9 Å². The molecule has 3 heteroatoms. The number of hydrogen-bond acceptors (Lipinski definition) is 2. The molecule has 1 aromatic rings. The molecule has 0 atom stereocenters. The highest BCUT2D eigenvalue weighted by Gasteiger charge is 1.89. The molecule has 0 aromatic carbocycles. The van der Waals surface area contributed by atoms with Crippen molar-refractivity contribution < 1.29 is 0 Å². The maximum atomic E-state index is 8.39. The summed E-state index contributed by atoms with van der Waals surface area (Å²) < 4.78 is 0. The summed E-state index contributed by atoms with van der Waals surface area (Å²) in [5.41, 5.74) is 0.626. The van der Waals surface area contributed by atoms with Gasteiger partial charge in [0.15, 0.2) is 0 Å². The molecule has 0 bridgehead atoms. The Hall–Kier alpha value is -1.37. The third kappa shape index (κ3) is 1.32. The van der Waals surface area contributed by atoms with Crippen molar-refractivity contribution in [2.45, 2.75) is 0 Å². The molecule has 2 nitrogen and oxygen atoms in total. The van der Waals surface area contributed by atoms with E-state index in [2.05, 4.69) is 0 Å². The largest absolute Gasteiger partial charge is 0.192 e. The summed E-state index contributed by atoms with van der Waals surface area (Å²) in [6.07, 6.45) is 0. The molecular formula is C7H3N2P. The summed E-state index contributed by atoms with van der Waals surface area (Å²) in [4.78, 5) is 0. The zero-order valence-electron chi connectivity index (χ0n) is 5.07. The fourth-order valence-corrected chi connectivity index (χ4v) is 1.17. The van der Waals surface area contributed by atoms with Gasteiger partial charge in [0.1, 0.15) is 6.07 Å². The van der Waals surface area contributed by atoms with Gasteiger partial charge < -0.3 is 0 Å². The van der Waals surface area contributed by atoms with Gasteiger partial charge in [0.25, 0.3) is 0 Å². The van der Waals surface area contributed by atoms with Crippen molar-refractivity contribution >= 4 is 8.19 Å². The normalized spacial score (nSPS) is 8.60. The van der Waals surface area contributed by atoms with E-state index in [0.717, 1.165) is 8.19 Å². The highest BCUT2D eigenvalue weighted by atomic mass is 31.0. The van der Waals surface area contributed by atoms with Gasteiger partial charge in [-0.25, -0.2) is 0 Å². The Bertz CT molecular complexity index is 269. The average molecular weight is 146 g/mol. The van der Waals surface area contributed by atoms with Crippen LogP contribution in [0.4, 0.5) is 0 Å². The van der Waals surface area contributed by atoms with Crippen molar-refractivity contribution in [2.75, 3.05) is 0 Å². The van der Waals surface area contributed by atoms with Crippen molar-refractivity contribution in [3.63, 3.8) is 0 Å². The second-order valence-corrected chi connectivity index (χ2v) is 2.65. The van der Waals surface area contributed by atoms with Gasteiger partial charge in [0.05, 0.1) is 16.9 Å². The fourth-order valence-electron chi connectivity index (χ4n) is 0.526. The smallest absolute Gasteiger partial charge is 0.104 e. The van der Waals surface area contributed by atoms with Crippen LogP contribution in [0.2, 0.25) is 0 Å². The molecule has 0 aliphatic rings. The van der Waals surface area contributed by atoms with Gasteiger partial charge in [-0.1, -0.05) is 8.19 Å². The highest BCUT2D eigenvalue weighted by Crippen LogP contribution is 2.13. The Morgan fingerprint density at radius 2 is 2.00 bits per heavy atom. The van der Waals surface area contributed by atoms with Crippen LogP contribution in [-0.4, -0.2) is 0 Å². The van der Waals surface area contributed by atoms with Gasteiger partial charge in [0.2, 0.25) is 0 Å². The van der Waals surface area contributed by atoms with Crippen LogP contribution >= 0.6 is 8.19 Å². The molecule has 0 saturated heterocycles. The zero-order valence-corrected chi connectivity index (χ0v) is 5.97. The lowest BCUT2D eigenvalue weighted by Crippen LogP contribution is -1.68. The predicted octanol–water partition coefficient (Wildman–Crippen LogP) is 2.01. The maximum absolute atomic E-state index is 8.39. The topological polar surface area (TPSA) is 47.6 Å². The SMILES string of the molecule is N#Cc1ccc(C#N)pc1. The Morgan fingerprint density at radius 3 is 2.40 bits per heavy atom. The molecule has 1 rings (SSSR count). The lowest BCUT2D eigenvalue weighted by Gasteiger charge is -1.85. The van der Waals surface area contributed by atoms with Crippen LogP contribution in [0, 0.1) is 22.7 Å². The zero-order chi connectivity index (χ0) is 7.40. The summed E-state index contributed by atoms with van der Waals surface area (Å²) in [6, 6.07) is 7.32. The minimum atomic E-state index is 0.626. The van der Waals surface area contributed by atoms with Crippen LogP contribution in [-0.2, 0) is 0 Å². The molecule has 0 saturated carbocycles. The highest BCUT2D eigenvalue weighted by molar-refractivity contribution is 7.30. The van der Waals surface area contributed by atoms with E-state index >= 15 is 0 Å². The van der Waals surface area contributed by atoms with Crippen LogP contribution in [0.25, 0.3) is 0 Å². The Morgan fingerprint density at radius 1 is 1.20 bits per heavy atom. The predicted molar refractivity (Wildman–Crippen MR) is 38.4 cm³/mol. The summed E-state index contributed by atoms with van der Waals surface area (Å²) in [6.45, 7) is 0. The molecule has 0 N–H and O–H groups in total. The average Bonchev–Trinajstić information content (AvgIpc) is 2.05. The first kappa shape index (κ1) is 6.75. The van der Waals surface area contributed by atoms with Crippen LogP contribution in [0.3, 0.4) is 0 Å². The molecule has 10 heavy (non-hydrogen) atoms. The number of hydrogen-bond donors (Lipinski definition) is 0. The van der Waals surface area contributed by atoms with E-state index in [1.807, 2.05) is 12.1 Å². The molecule has 0 radical (unpaired) electrons. The van der Waals surface area contributed by atoms with Gasteiger partial charge in [-0.15, -0.1) is 0 Å². The number of nitriles is 2. The van der Waals surface area contributed by atoms with Gasteiger partial charge in [-0.2, -0.15) is 10.5 Å². The van der Waals surface area contributed by atoms with Crippen LogP contribution < -0.4 is 0 Å². The van der Waals surface area contributed by atoms with Crippen molar-refractivity contribution in [1.29, 1.82) is 10.5 Å². The fraction of sp³-hybridized carbons (Fsp3) is 0. The summed E-state index contributed by atoms with van der Waals surface area (Å²) in [5.74, 6) is 1.72. The summed E-state index contributed by atoms with van der Waals surface area (Å²) in [7, 11) is 0.822. The second-order valence-electron chi connectivity index (χ2n) is 1.66. The molecule has 0 unspecified atom stereocenters. The first-order valence-corrected chi connectivity index (χ1v) is 3.59. The van der Waals surface area contributed by atoms with Gasteiger partial charge in [-0.05, 0) is 17.9 Å². The van der Waals surface area contributed by atoms with Crippen molar-refractivity contribution in [1.82, 2.24) is 0 Å². The minimum absolute atomic E-state index is 0.626. The molecule has 46 valence electrons. The van der Waals surface area contributed by atoms with Crippen molar-refractivity contribution in [3.8, 4) is 12.1 Å². The van der Waals surface area contributed by atoms with E-state index in [-0.39, 0.29) is 0 Å². The van der Waals surface area contributed by atoms with E-state index in [0.29, 0.717) is 10.9 Å². The van der Waals surface area contributed by atoms with E-state index in [1.54, 1.807) is 17.9 Å². The molecule has 0 aliphatic carbocycles. The van der Waals surface area contributed by atoms with E-state index in [9.17, 15) is 0 Å². The monoisotopic (exact) mass is 146 g/mol. The Balaban J connectivity index is 3.08.